The van der Waals surface area contributed by atoms with Gasteiger partial charge in [0.2, 0.25) is 0 Å². The van der Waals surface area contributed by atoms with Crippen LogP contribution in [0, 0.1) is 5.41 Å². The third-order valence-electron chi connectivity index (χ3n) is 3.58. The Morgan fingerprint density at radius 2 is 2.11 bits per heavy atom. The summed E-state index contributed by atoms with van der Waals surface area (Å²) in [6.45, 7) is 2.63. The Kier molecular flexibility index (Phi) is 3.69. The lowest BCUT2D eigenvalue weighted by Crippen LogP contribution is -2.46. The molecule has 1 aliphatic heterocycles. The molecule has 1 fully saturated rings. The van der Waals surface area contributed by atoms with Crippen LogP contribution in [0.25, 0.3) is 0 Å². The number of rotatable bonds is 2. The van der Waals surface area contributed by atoms with Crippen LogP contribution in [0.1, 0.15) is 19.8 Å². The number of anilines is 1. The summed E-state index contributed by atoms with van der Waals surface area (Å²) in [6.07, 6.45) is 4.16. The fourth-order valence-corrected chi connectivity index (χ4v) is 2.06. The Morgan fingerprint density at radius 1 is 1.42 bits per heavy atom. The molecule has 0 spiro atoms. The quantitative estimate of drug-likeness (QED) is 0.852. The van der Waals surface area contributed by atoms with Crippen molar-refractivity contribution in [3.8, 4) is 0 Å². The van der Waals surface area contributed by atoms with Crippen molar-refractivity contribution in [3.05, 3.63) is 24.5 Å². The number of hydrogen-bond acceptors (Lipinski definition) is 3. The second-order valence-electron chi connectivity index (χ2n) is 5.02. The van der Waals surface area contributed by atoms with Gasteiger partial charge in [0.05, 0.1) is 17.3 Å². The molecule has 19 heavy (non-hydrogen) atoms. The van der Waals surface area contributed by atoms with Crippen LogP contribution in [-0.4, -0.2) is 40.1 Å². The summed E-state index contributed by atoms with van der Waals surface area (Å²) in [5, 5.41) is 11.9. The van der Waals surface area contributed by atoms with Crippen molar-refractivity contribution in [2.45, 2.75) is 19.8 Å². The number of carbonyl (C=O) groups is 2. The van der Waals surface area contributed by atoms with Crippen LogP contribution in [0.15, 0.2) is 24.5 Å². The molecule has 6 nitrogen and oxygen atoms in total. The maximum absolute atomic E-state index is 12.0. The first-order valence-electron chi connectivity index (χ1n) is 6.21. The Morgan fingerprint density at radius 3 is 2.63 bits per heavy atom. The van der Waals surface area contributed by atoms with Gasteiger partial charge >= 0.3 is 12.0 Å². The molecule has 0 atom stereocenters. The molecule has 1 saturated heterocycles. The Labute approximate surface area is 111 Å². The molecule has 0 bridgehead atoms. The van der Waals surface area contributed by atoms with Gasteiger partial charge in [0.15, 0.2) is 0 Å². The van der Waals surface area contributed by atoms with Crippen molar-refractivity contribution in [2.24, 2.45) is 5.41 Å². The van der Waals surface area contributed by atoms with Gasteiger partial charge in [-0.2, -0.15) is 0 Å². The molecular weight excluding hydrogens is 246 g/mol. The third-order valence-corrected chi connectivity index (χ3v) is 3.58. The van der Waals surface area contributed by atoms with Gasteiger partial charge in [0.25, 0.3) is 0 Å². The topological polar surface area (TPSA) is 82.5 Å². The minimum absolute atomic E-state index is 0.208. The van der Waals surface area contributed by atoms with Crippen LogP contribution in [0.2, 0.25) is 0 Å². The van der Waals surface area contributed by atoms with E-state index in [0.717, 1.165) is 0 Å². The lowest BCUT2D eigenvalue weighted by Gasteiger charge is -2.36. The number of aliphatic carboxylic acids is 1. The zero-order chi connectivity index (χ0) is 13.9. The highest BCUT2D eigenvalue weighted by molar-refractivity contribution is 5.89. The number of carboxylic acids is 1. The first kappa shape index (κ1) is 13.3. The molecule has 102 valence electrons. The second kappa shape index (κ2) is 5.26. The molecule has 1 aromatic heterocycles. The zero-order valence-corrected chi connectivity index (χ0v) is 10.8. The summed E-state index contributed by atoms with van der Waals surface area (Å²) >= 11 is 0. The number of amides is 2. The van der Waals surface area contributed by atoms with E-state index in [4.69, 9.17) is 5.11 Å². The van der Waals surface area contributed by atoms with Gasteiger partial charge in [-0.15, -0.1) is 0 Å². The monoisotopic (exact) mass is 263 g/mol. The molecule has 0 radical (unpaired) electrons. The van der Waals surface area contributed by atoms with E-state index in [0.29, 0.717) is 31.6 Å². The number of hydrogen-bond donors (Lipinski definition) is 2. The third kappa shape index (κ3) is 3.01. The molecule has 0 aliphatic carbocycles. The molecule has 6 heteroatoms. The predicted molar refractivity (Wildman–Crippen MR) is 69.8 cm³/mol. The molecule has 1 aliphatic rings. The van der Waals surface area contributed by atoms with Crippen LogP contribution in [0.5, 0.6) is 0 Å². The van der Waals surface area contributed by atoms with Crippen LogP contribution < -0.4 is 5.32 Å². The average Bonchev–Trinajstić information content (AvgIpc) is 2.40. The fourth-order valence-electron chi connectivity index (χ4n) is 2.06. The number of piperidine rings is 1. The van der Waals surface area contributed by atoms with Gasteiger partial charge in [-0.1, -0.05) is 0 Å². The molecule has 2 N–H and O–H groups in total. The summed E-state index contributed by atoms with van der Waals surface area (Å²) in [5.74, 6) is -0.792. The first-order valence-corrected chi connectivity index (χ1v) is 6.21. The van der Waals surface area contributed by atoms with Crippen molar-refractivity contribution in [3.63, 3.8) is 0 Å². The van der Waals surface area contributed by atoms with Gasteiger partial charge < -0.3 is 15.3 Å². The fraction of sp³-hybridized carbons (Fsp3) is 0.462. The summed E-state index contributed by atoms with van der Waals surface area (Å²) in [5.41, 5.74) is -0.0792. The summed E-state index contributed by atoms with van der Waals surface area (Å²) in [6, 6.07) is 3.30. The largest absolute Gasteiger partial charge is 0.481 e. The summed E-state index contributed by atoms with van der Waals surface area (Å²) in [7, 11) is 0. The number of urea groups is 1. The number of pyridine rings is 1. The SMILES string of the molecule is CC1(C(=O)O)CCN(C(=O)Nc2cccnc2)CC1. The van der Waals surface area contributed by atoms with E-state index < -0.39 is 11.4 Å². The normalized spacial score (nSPS) is 17.8. The smallest absolute Gasteiger partial charge is 0.321 e. The summed E-state index contributed by atoms with van der Waals surface area (Å²) in [4.78, 5) is 28.7. The molecule has 2 heterocycles. The molecule has 2 rings (SSSR count). The minimum atomic E-state index is -0.792. The average molecular weight is 263 g/mol. The second-order valence-corrected chi connectivity index (χ2v) is 5.02. The number of nitrogens with zero attached hydrogens (tertiary/aromatic N) is 2. The van der Waals surface area contributed by atoms with Crippen LogP contribution in [-0.2, 0) is 4.79 Å². The van der Waals surface area contributed by atoms with Crippen molar-refractivity contribution in [1.29, 1.82) is 0 Å². The molecule has 0 aromatic carbocycles. The van der Waals surface area contributed by atoms with Crippen LogP contribution in [0.3, 0.4) is 0 Å². The van der Waals surface area contributed by atoms with Crippen molar-refractivity contribution >= 4 is 17.7 Å². The van der Waals surface area contributed by atoms with Gasteiger partial charge in [-0.25, -0.2) is 4.79 Å². The molecule has 2 amide bonds. The lowest BCUT2D eigenvalue weighted by atomic mass is 9.80. The number of carbonyl (C=O) groups excluding carboxylic acids is 1. The number of carboxylic acid groups (broad SMARTS) is 1. The Bertz CT molecular complexity index is 467. The van der Waals surface area contributed by atoms with E-state index in [1.54, 1.807) is 36.4 Å². The van der Waals surface area contributed by atoms with E-state index >= 15 is 0 Å². The predicted octanol–water partition coefficient (Wildman–Crippen LogP) is 1.80. The van der Waals surface area contributed by atoms with E-state index in [9.17, 15) is 9.59 Å². The minimum Gasteiger partial charge on any atom is -0.481 e. The maximum atomic E-state index is 12.0. The van der Waals surface area contributed by atoms with E-state index in [1.807, 2.05) is 0 Å². The highest BCUT2D eigenvalue weighted by Crippen LogP contribution is 2.31. The van der Waals surface area contributed by atoms with E-state index in [2.05, 4.69) is 10.3 Å². The highest BCUT2D eigenvalue weighted by atomic mass is 16.4. The molecular formula is C13H17N3O3. The Balaban J connectivity index is 1.91. The lowest BCUT2D eigenvalue weighted by molar-refractivity contribution is -0.150. The number of likely N-dealkylation sites (tertiary alicyclic amines) is 1. The number of aromatic nitrogens is 1. The first-order chi connectivity index (χ1) is 9.01. The number of nitrogens with one attached hydrogen (secondary N) is 1. The van der Waals surface area contributed by atoms with Gasteiger partial charge in [-0.3, -0.25) is 9.78 Å². The standard InChI is InChI=1S/C13H17N3O3/c1-13(11(17)18)4-7-16(8-5-13)12(19)15-10-3-2-6-14-9-10/h2-3,6,9H,4-5,7-8H2,1H3,(H,15,19)(H,17,18). The zero-order valence-electron chi connectivity index (χ0n) is 10.8. The maximum Gasteiger partial charge on any atom is 0.321 e. The van der Waals surface area contributed by atoms with Crippen molar-refractivity contribution < 1.29 is 14.7 Å². The van der Waals surface area contributed by atoms with Gasteiger partial charge in [0.1, 0.15) is 0 Å². The molecule has 0 saturated carbocycles. The van der Waals surface area contributed by atoms with Crippen molar-refractivity contribution in [2.75, 3.05) is 18.4 Å². The van der Waals surface area contributed by atoms with Crippen LogP contribution >= 0.6 is 0 Å². The summed E-state index contributed by atoms with van der Waals surface area (Å²) < 4.78 is 0. The Hall–Kier alpha value is -2.11. The van der Waals surface area contributed by atoms with E-state index in [-0.39, 0.29) is 6.03 Å². The van der Waals surface area contributed by atoms with Gasteiger partial charge in [0, 0.05) is 19.3 Å². The van der Waals surface area contributed by atoms with Gasteiger partial charge in [-0.05, 0) is 31.9 Å². The molecule has 0 unspecified atom stereocenters. The van der Waals surface area contributed by atoms with E-state index in [1.165, 1.54) is 0 Å². The molecule has 1 aromatic rings. The van der Waals surface area contributed by atoms with Crippen LogP contribution in [0.4, 0.5) is 10.5 Å². The van der Waals surface area contributed by atoms with Crippen molar-refractivity contribution in [1.82, 2.24) is 9.88 Å². The highest BCUT2D eigenvalue weighted by Gasteiger charge is 2.37.